The molecule has 0 fully saturated rings. The van der Waals surface area contributed by atoms with E-state index in [2.05, 4.69) is 5.32 Å². The van der Waals surface area contributed by atoms with Gasteiger partial charge in [0.2, 0.25) is 0 Å². The maximum Gasteiger partial charge on any atom is 0.337 e. The number of Topliss-reactive ketones (excluding diaryl/α,β-unsaturated/α-hetero) is 1. The van der Waals surface area contributed by atoms with Crippen LogP contribution in [0, 0.1) is 0 Å². The third kappa shape index (κ3) is 4.55. The van der Waals surface area contributed by atoms with Crippen molar-refractivity contribution in [2.45, 2.75) is 51.6 Å². The zero-order valence-electron chi connectivity index (χ0n) is 19.6. The molecule has 0 radical (unpaired) electrons. The van der Waals surface area contributed by atoms with Crippen molar-refractivity contribution in [1.29, 1.82) is 0 Å². The van der Waals surface area contributed by atoms with E-state index in [0.29, 0.717) is 40.3 Å². The quantitative estimate of drug-likeness (QED) is 0.559. The lowest BCUT2D eigenvalue weighted by Crippen LogP contribution is -2.36. The molecule has 0 amide bonds. The molecule has 0 saturated carbocycles. The van der Waals surface area contributed by atoms with Crippen LogP contribution in [0.5, 0.6) is 11.5 Å². The predicted molar refractivity (Wildman–Crippen MR) is 130 cm³/mol. The van der Waals surface area contributed by atoms with Crippen LogP contribution in [0.2, 0.25) is 5.02 Å². The Bertz CT molecular complexity index is 1200. The fourth-order valence-electron chi connectivity index (χ4n) is 4.76. The van der Waals surface area contributed by atoms with E-state index in [9.17, 15) is 14.7 Å². The van der Waals surface area contributed by atoms with Gasteiger partial charge in [-0.3, -0.25) is 4.79 Å². The summed E-state index contributed by atoms with van der Waals surface area (Å²) in [7, 11) is 1.46. The maximum atomic E-state index is 13.6. The third-order valence-electron chi connectivity index (χ3n) is 6.27. The summed E-state index contributed by atoms with van der Waals surface area (Å²) in [6.45, 7) is 5.40. The Morgan fingerprint density at radius 1 is 1.12 bits per heavy atom. The summed E-state index contributed by atoms with van der Waals surface area (Å²) in [5, 5.41) is 14.1. The molecule has 6 nitrogen and oxygen atoms in total. The van der Waals surface area contributed by atoms with Gasteiger partial charge in [0.05, 0.1) is 18.8 Å². The SMILES string of the molecule is COc1cc([C@H]2C(C(=O)OC(C)C)=C(C)NC3=C2C(=O)C[C@H](c2ccc(Cl)cc2)C3)ccc1O. The summed E-state index contributed by atoms with van der Waals surface area (Å²) < 4.78 is 10.8. The lowest BCUT2D eigenvalue weighted by molar-refractivity contribution is -0.143. The van der Waals surface area contributed by atoms with Crippen LogP contribution < -0.4 is 10.1 Å². The number of carbonyl (C=O) groups excluding carboxylic acids is 2. The molecule has 7 heteroatoms. The number of ketones is 1. The fraction of sp³-hybridized carbons (Fsp3) is 0.333. The Balaban J connectivity index is 1.82. The number of nitrogens with one attached hydrogen (secondary N) is 1. The minimum atomic E-state index is -0.629. The highest BCUT2D eigenvalue weighted by molar-refractivity contribution is 6.30. The van der Waals surface area contributed by atoms with E-state index < -0.39 is 11.9 Å². The summed E-state index contributed by atoms with van der Waals surface area (Å²) in [6.07, 6.45) is 0.632. The second-order valence-corrected chi connectivity index (χ2v) is 9.39. The molecule has 2 N–H and O–H groups in total. The molecule has 0 aromatic heterocycles. The Hall–Kier alpha value is -3.25. The largest absolute Gasteiger partial charge is 0.504 e. The van der Waals surface area contributed by atoms with E-state index in [1.165, 1.54) is 13.2 Å². The first-order valence-electron chi connectivity index (χ1n) is 11.3. The number of carbonyl (C=O) groups is 2. The number of hydrogen-bond acceptors (Lipinski definition) is 6. The number of benzene rings is 2. The average Bonchev–Trinajstić information content (AvgIpc) is 2.78. The van der Waals surface area contributed by atoms with Crippen LogP contribution in [0.4, 0.5) is 0 Å². The number of esters is 1. The van der Waals surface area contributed by atoms with Gasteiger partial charge in [0, 0.05) is 34.3 Å². The lowest BCUT2D eigenvalue weighted by Gasteiger charge is -2.37. The summed E-state index contributed by atoms with van der Waals surface area (Å²) in [5.41, 5.74) is 4.10. The van der Waals surface area contributed by atoms with Gasteiger partial charge in [-0.05, 0) is 68.5 Å². The predicted octanol–water partition coefficient (Wildman–Crippen LogP) is 5.37. The van der Waals surface area contributed by atoms with Crippen LogP contribution >= 0.6 is 11.6 Å². The molecule has 2 aliphatic rings. The van der Waals surface area contributed by atoms with Crippen LogP contribution in [0.1, 0.15) is 56.6 Å². The molecule has 0 unspecified atom stereocenters. The van der Waals surface area contributed by atoms with Crippen LogP contribution in [-0.4, -0.2) is 30.1 Å². The molecule has 178 valence electrons. The van der Waals surface area contributed by atoms with Crippen molar-refractivity contribution in [3.05, 3.63) is 81.2 Å². The van der Waals surface area contributed by atoms with Crippen molar-refractivity contribution < 1.29 is 24.2 Å². The molecule has 1 aliphatic carbocycles. The second-order valence-electron chi connectivity index (χ2n) is 8.95. The molecular formula is C27H28ClNO5. The molecule has 1 heterocycles. The Kier molecular flexibility index (Phi) is 6.71. The molecule has 0 spiro atoms. The Morgan fingerprint density at radius 2 is 1.79 bits per heavy atom. The van der Waals surface area contributed by atoms with Crippen LogP contribution in [0.15, 0.2) is 65.0 Å². The number of aromatic hydroxyl groups is 1. The number of halogens is 1. The molecule has 0 saturated heterocycles. The third-order valence-corrected chi connectivity index (χ3v) is 6.52. The zero-order valence-corrected chi connectivity index (χ0v) is 20.4. The number of rotatable bonds is 5. The van der Waals surface area contributed by atoms with E-state index in [1.54, 1.807) is 26.0 Å². The molecular weight excluding hydrogens is 454 g/mol. The summed E-state index contributed by atoms with van der Waals surface area (Å²) in [6, 6.07) is 12.5. The monoisotopic (exact) mass is 481 g/mol. The fourth-order valence-corrected chi connectivity index (χ4v) is 4.89. The standard InChI is InChI=1S/C27H28ClNO5/c1-14(2)34-27(32)24-15(3)29-20-11-18(16-5-8-19(28)9-6-16)12-22(31)26(20)25(24)17-7-10-21(30)23(13-17)33-4/h5-10,13-14,18,25,29-30H,11-12H2,1-4H3/t18-,25+/m1/s1. The molecule has 2 atom stereocenters. The van der Waals surface area contributed by atoms with Crippen molar-refractivity contribution in [3.8, 4) is 11.5 Å². The van der Waals surface area contributed by atoms with Crippen LogP contribution in [0.3, 0.4) is 0 Å². The van der Waals surface area contributed by atoms with E-state index in [-0.39, 0.29) is 29.3 Å². The van der Waals surface area contributed by atoms with E-state index in [4.69, 9.17) is 21.1 Å². The number of methoxy groups -OCH3 is 1. The number of phenols is 1. The highest BCUT2D eigenvalue weighted by Crippen LogP contribution is 2.47. The van der Waals surface area contributed by atoms with E-state index in [0.717, 1.165) is 11.3 Å². The number of phenolic OH excluding ortho intramolecular Hbond substituents is 1. The van der Waals surface area contributed by atoms with Crippen molar-refractivity contribution in [2.75, 3.05) is 7.11 Å². The normalized spacial score (nSPS) is 20.2. The number of hydrogen-bond donors (Lipinski definition) is 2. The molecule has 34 heavy (non-hydrogen) atoms. The Labute approximate surface area is 204 Å². The first kappa shape index (κ1) is 23.9. The van der Waals surface area contributed by atoms with Gasteiger partial charge in [-0.15, -0.1) is 0 Å². The van der Waals surface area contributed by atoms with Gasteiger partial charge in [0.25, 0.3) is 0 Å². The van der Waals surface area contributed by atoms with Gasteiger partial charge in [0.1, 0.15) is 0 Å². The summed E-state index contributed by atoms with van der Waals surface area (Å²) in [4.78, 5) is 26.8. The van der Waals surface area contributed by atoms with Gasteiger partial charge in [-0.25, -0.2) is 4.79 Å². The summed E-state index contributed by atoms with van der Waals surface area (Å²) >= 11 is 6.05. The molecule has 2 aromatic carbocycles. The first-order chi connectivity index (χ1) is 16.2. The average molecular weight is 482 g/mol. The molecule has 1 aliphatic heterocycles. The topological polar surface area (TPSA) is 84.9 Å². The number of allylic oxidation sites excluding steroid dienone is 3. The van der Waals surface area contributed by atoms with Gasteiger partial charge in [-0.2, -0.15) is 0 Å². The molecule has 0 bridgehead atoms. The smallest absolute Gasteiger partial charge is 0.337 e. The molecule has 4 rings (SSSR count). The van der Waals surface area contributed by atoms with Crippen molar-refractivity contribution in [1.82, 2.24) is 5.32 Å². The zero-order chi connectivity index (χ0) is 24.6. The Morgan fingerprint density at radius 3 is 2.44 bits per heavy atom. The lowest BCUT2D eigenvalue weighted by atomic mass is 9.71. The van der Waals surface area contributed by atoms with Gasteiger partial charge in [0.15, 0.2) is 17.3 Å². The van der Waals surface area contributed by atoms with Crippen molar-refractivity contribution >= 4 is 23.4 Å². The van der Waals surface area contributed by atoms with Gasteiger partial charge < -0.3 is 19.9 Å². The van der Waals surface area contributed by atoms with E-state index in [1.807, 2.05) is 31.2 Å². The minimum absolute atomic E-state index is 0.00276. The first-order valence-corrected chi connectivity index (χ1v) is 11.6. The van der Waals surface area contributed by atoms with Gasteiger partial charge >= 0.3 is 5.97 Å². The number of dihydropyridines is 1. The maximum absolute atomic E-state index is 13.6. The van der Waals surface area contributed by atoms with Crippen molar-refractivity contribution in [3.63, 3.8) is 0 Å². The highest BCUT2D eigenvalue weighted by atomic mass is 35.5. The highest BCUT2D eigenvalue weighted by Gasteiger charge is 2.41. The second kappa shape index (κ2) is 9.55. The van der Waals surface area contributed by atoms with E-state index >= 15 is 0 Å². The van der Waals surface area contributed by atoms with Crippen LogP contribution in [0.25, 0.3) is 0 Å². The van der Waals surface area contributed by atoms with Gasteiger partial charge in [-0.1, -0.05) is 29.8 Å². The van der Waals surface area contributed by atoms with Crippen LogP contribution in [-0.2, 0) is 14.3 Å². The number of ether oxygens (including phenoxy) is 2. The minimum Gasteiger partial charge on any atom is -0.504 e. The van der Waals surface area contributed by atoms with Crippen molar-refractivity contribution in [2.24, 2.45) is 0 Å². The molecule has 2 aromatic rings. The summed E-state index contributed by atoms with van der Waals surface area (Å²) in [5.74, 6) is -0.878.